The van der Waals surface area contributed by atoms with Gasteiger partial charge in [-0.2, -0.15) is 0 Å². The Balaban J connectivity index is 1.99. The molecule has 0 saturated carbocycles. The second-order valence-corrected chi connectivity index (χ2v) is 11.4. The number of amides is 2. The van der Waals surface area contributed by atoms with Crippen LogP contribution in [-0.2, 0) is 14.8 Å². The molecule has 10 nitrogen and oxygen atoms in total. The van der Waals surface area contributed by atoms with Crippen molar-refractivity contribution in [3.05, 3.63) is 33.9 Å². The van der Waals surface area contributed by atoms with Crippen molar-refractivity contribution in [2.24, 2.45) is 0 Å². The number of aromatic nitrogens is 1. The third-order valence-corrected chi connectivity index (χ3v) is 7.71. The molecule has 0 aliphatic carbocycles. The predicted molar refractivity (Wildman–Crippen MR) is 126 cm³/mol. The van der Waals surface area contributed by atoms with Gasteiger partial charge in [0, 0.05) is 31.6 Å². The molecule has 1 atom stereocenters. The number of likely N-dealkylation sites (N-methyl/N-ethyl adjacent to an activating group) is 1. The third-order valence-electron chi connectivity index (χ3n) is 5.09. The highest BCUT2D eigenvalue weighted by Gasteiger charge is 2.39. The number of rotatable bonds is 5. The Kier molecular flexibility index (Phi) is 7.29. The second-order valence-electron chi connectivity index (χ2n) is 8.59. The number of halogens is 2. The molecule has 0 spiro atoms. The first kappa shape index (κ1) is 26.0. The molecule has 1 fully saturated rings. The van der Waals surface area contributed by atoms with Crippen LogP contribution in [0.1, 0.15) is 27.2 Å². The van der Waals surface area contributed by atoms with Crippen LogP contribution in [0.3, 0.4) is 0 Å². The summed E-state index contributed by atoms with van der Waals surface area (Å²) >= 11 is 7.28. The maximum Gasteiger partial charge on any atom is 0.430 e. The van der Waals surface area contributed by atoms with Gasteiger partial charge in [0.25, 0.3) is 10.0 Å². The molecule has 1 aliphatic heterocycles. The molecule has 1 N–H and O–H groups in total. The van der Waals surface area contributed by atoms with Gasteiger partial charge in [0.1, 0.15) is 15.5 Å². The number of ether oxygens (including phenoxy) is 1. The fraction of sp³-hybridized carbons (Fsp3) is 0.450. The van der Waals surface area contributed by atoms with E-state index >= 15 is 4.39 Å². The Morgan fingerprint density at radius 1 is 1.35 bits per heavy atom. The zero-order chi connectivity index (χ0) is 25.4. The lowest BCUT2D eigenvalue weighted by atomic mass is 10.2. The summed E-state index contributed by atoms with van der Waals surface area (Å²) in [7, 11) is -3.17. The van der Waals surface area contributed by atoms with Crippen molar-refractivity contribution >= 4 is 56.7 Å². The van der Waals surface area contributed by atoms with E-state index in [0.29, 0.717) is 17.3 Å². The Labute approximate surface area is 205 Å². The molecule has 2 aromatic rings. The first-order valence-corrected chi connectivity index (χ1v) is 12.9. The molecule has 0 bridgehead atoms. The summed E-state index contributed by atoms with van der Waals surface area (Å²) in [6, 6.07) is 2.05. The number of carbonyl (C=O) groups excluding carboxylic acids is 1. The Hall–Kier alpha value is -2.64. The van der Waals surface area contributed by atoms with Crippen molar-refractivity contribution in [2.75, 3.05) is 29.3 Å². The number of likely N-dealkylation sites (tertiary alicyclic amines) is 1. The van der Waals surface area contributed by atoms with Gasteiger partial charge in [-0.15, -0.1) is 15.6 Å². The van der Waals surface area contributed by atoms with E-state index in [1.54, 1.807) is 32.7 Å². The van der Waals surface area contributed by atoms with E-state index in [4.69, 9.17) is 21.4 Å². The van der Waals surface area contributed by atoms with Crippen LogP contribution in [0, 0.1) is 5.82 Å². The SMILES string of the molecule is CN(c1ccc(S(=O)(=O)N(C(=O)OC(C)(C)C)c2cscn2)c(F)c1Cl)[C@H]1CCN(C(=O)O)C1. The first-order valence-electron chi connectivity index (χ1n) is 10.1. The lowest BCUT2D eigenvalue weighted by molar-refractivity contribution is 0.0608. The van der Waals surface area contributed by atoms with Gasteiger partial charge in [0.2, 0.25) is 0 Å². The average molecular weight is 535 g/mol. The molecule has 2 heterocycles. The molecule has 3 rings (SSSR count). The molecule has 0 unspecified atom stereocenters. The second kappa shape index (κ2) is 9.55. The van der Waals surface area contributed by atoms with Crippen LogP contribution in [0.5, 0.6) is 0 Å². The number of carboxylic acid groups (broad SMARTS) is 1. The minimum atomic E-state index is -4.79. The number of thiazole rings is 1. The van der Waals surface area contributed by atoms with E-state index in [2.05, 4.69) is 4.98 Å². The monoisotopic (exact) mass is 534 g/mol. The first-order chi connectivity index (χ1) is 15.7. The van der Waals surface area contributed by atoms with E-state index in [9.17, 15) is 18.0 Å². The average Bonchev–Trinajstić information content (AvgIpc) is 3.40. The number of carbonyl (C=O) groups is 2. The topological polar surface area (TPSA) is 120 Å². The molecule has 1 saturated heterocycles. The lowest BCUT2D eigenvalue weighted by Crippen LogP contribution is -2.41. The highest BCUT2D eigenvalue weighted by Crippen LogP contribution is 2.36. The van der Waals surface area contributed by atoms with Gasteiger partial charge in [-0.1, -0.05) is 11.6 Å². The minimum absolute atomic E-state index is 0.188. The van der Waals surface area contributed by atoms with Gasteiger partial charge >= 0.3 is 12.2 Å². The zero-order valence-corrected chi connectivity index (χ0v) is 21.2. The van der Waals surface area contributed by atoms with Crippen LogP contribution in [0.25, 0.3) is 0 Å². The Morgan fingerprint density at radius 2 is 2.03 bits per heavy atom. The standard InChI is InChI=1S/C20H24ClFN4O6S2/c1-20(2,3)32-19(29)26(15-10-33-11-23-15)34(30,31)14-6-5-13(16(21)17(14)22)24(4)12-7-8-25(9-12)18(27)28/h5-6,10-12H,7-9H2,1-4H3,(H,27,28)/t12-/m0/s1. The molecule has 0 radical (unpaired) electrons. The summed E-state index contributed by atoms with van der Waals surface area (Å²) < 4.78 is 47.7. The molecule has 2 amide bonds. The summed E-state index contributed by atoms with van der Waals surface area (Å²) in [6.07, 6.45) is -1.80. The van der Waals surface area contributed by atoms with E-state index in [1.807, 2.05) is 0 Å². The van der Waals surface area contributed by atoms with E-state index in [-0.39, 0.29) is 24.1 Å². The van der Waals surface area contributed by atoms with Crippen LogP contribution < -0.4 is 9.21 Å². The van der Waals surface area contributed by atoms with Crippen molar-refractivity contribution in [3.8, 4) is 0 Å². The molecular formula is C20H24ClFN4O6S2. The maximum absolute atomic E-state index is 15.4. The molecule has 1 aliphatic rings. The van der Waals surface area contributed by atoms with Crippen molar-refractivity contribution < 1.29 is 32.2 Å². The van der Waals surface area contributed by atoms with Crippen molar-refractivity contribution in [1.29, 1.82) is 0 Å². The molecule has 1 aromatic carbocycles. The van der Waals surface area contributed by atoms with Crippen molar-refractivity contribution in [1.82, 2.24) is 9.88 Å². The van der Waals surface area contributed by atoms with E-state index in [1.165, 1.54) is 21.9 Å². The summed E-state index contributed by atoms with van der Waals surface area (Å²) in [5.41, 5.74) is 0.494. The smallest absolute Gasteiger partial charge is 0.430 e. The quantitative estimate of drug-likeness (QED) is 0.604. The number of benzene rings is 1. The van der Waals surface area contributed by atoms with Crippen LogP contribution in [0.4, 0.5) is 25.5 Å². The zero-order valence-electron chi connectivity index (χ0n) is 18.9. The molecular weight excluding hydrogens is 511 g/mol. The van der Waals surface area contributed by atoms with Gasteiger partial charge in [0.05, 0.1) is 11.2 Å². The number of nitrogens with zero attached hydrogens (tertiary/aromatic N) is 4. The van der Waals surface area contributed by atoms with Crippen LogP contribution in [0.2, 0.25) is 5.02 Å². The van der Waals surface area contributed by atoms with E-state index < -0.39 is 43.5 Å². The predicted octanol–water partition coefficient (Wildman–Crippen LogP) is 4.25. The fourth-order valence-corrected chi connectivity index (χ4v) is 5.73. The highest BCUT2D eigenvalue weighted by atomic mass is 35.5. The summed E-state index contributed by atoms with van der Waals surface area (Å²) in [5.74, 6) is -1.49. The van der Waals surface area contributed by atoms with Gasteiger partial charge in [-0.3, -0.25) is 0 Å². The highest BCUT2D eigenvalue weighted by molar-refractivity contribution is 7.93. The fourth-order valence-electron chi connectivity index (χ4n) is 3.44. The molecule has 34 heavy (non-hydrogen) atoms. The summed E-state index contributed by atoms with van der Waals surface area (Å²) in [6.45, 7) is 5.20. The Morgan fingerprint density at radius 3 is 2.56 bits per heavy atom. The number of anilines is 2. The normalized spacial score (nSPS) is 16.4. The number of sulfonamides is 1. The van der Waals surface area contributed by atoms with Crippen molar-refractivity contribution in [3.63, 3.8) is 0 Å². The van der Waals surface area contributed by atoms with Crippen LogP contribution >= 0.6 is 22.9 Å². The van der Waals surface area contributed by atoms with Gasteiger partial charge in [-0.05, 0) is 39.3 Å². The van der Waals surface area contributed by atoms with Crippen LogP contribution in [-0.4, -0.2) is 67.4 Å². The van der Waals surface area contributed by atoms with E-state index in [0.717, 1.165) is 17.4 Å². The Bertz CT molecular complexity index is 1190. The van der Waals surface area contributed by atoms with Gasteiger partial charge in [0.15, 0.2) is 11.6 Å². The number of hydrogen-bond acceptors (Lipinski definition) is 8. The minimum Gasteiger partial charge on any atom is -0.465 e. The number of hydrogen-bond donors (Lipinski definition) is 1. The molecule has 14 heteroatoms. The largest absolute Gasteiger partial charge is 0.465 e. The lowest BCUT2D eigenvalue weighted by Gasteiger charge is -2.28. The van der Waals surface area contributed by atoms with Crippen molar-refractivity contribution in [2.45, 2.75) is 43.7 Å². The maximum atomic E-state index is 15.4. The molecule has 186 valence electrons. The third kappa shape index (κ3) is 5.20. The molecule has 1 aromatic heterocycles. The summed E-state index contributed by atoms with van der Waals surface area (Å²) in [4.78, 5) is 29.9. The van der Waals surface area contributed by atoms with Crippen LogP contribution in [0.15, 0.2) is 27.9 Å². The van der Waals surface area contributed by atoms with Gasteiger partial charge < -0.3 is 19.6 Å². The summed E-state index contributed by atoms with van der Waals surface area (Å²) in [5, 5.41) is 10.0. The van der Waals surface area contributed by atoms with Gasteiger partial charge in [-0.25, -0.2) is 27.4 Å².